The number of aliphatic imine (C=N–C) groups is 1. The molecule has 2 aromatic rings. The number of benzene rings is 1. The number of guanidine groups is 1. The van der Waals surface area contributed by atoms with Crippen LogP contribution in [0.15, 0.2) is 46.1 Å². The van der Waals surface area contributed by atoms with Crippen LogP contribution >= 0.6 is 11.3 Å². The van der Waals surface area contributed by atoms with E-state index in [1.165, 1.54) is 11.3 Å². The van der Waals surface area contributed by atoms with E-state index < -0.39 is 0 Å². The highest BCUT2D eigenvalue weighted by Gasteiger charge is 2.16. The number of hydrogen-bond donors (Lipinski definition) is 2. The van der Waals surface area contributed by atoms with Crippen molar-refractivity contribution in [1.82, 2.24) is 15.5 Å². The third-order valence-electron chi connectivity index (χ3n) is 5.02. The normalized spacial score (nSPS) is 15.5. The zero-order chi connectivity index (χ0) is 19.6. The maximum absolute atomic E-state index is 5.24. The molecular weight excluding hydrogens is 370 g/mol. The molecule has 1 aliphatic heterocycles. The fourth-order valence-corrected chi connectivity index (χ4v) is 4.00. The third-order valence-corrected chi connectivity index (χ3v) is 5.75. The predicted octanol–water partition coefficient (Wildman–Crippen LogP) is 2.63. The maximum atomic E-state index is 5.24. The first kappa shape index (κ1) is 20.5. The van der Waals surface area contributed by atoms with E-state index in [1.807, 2.05) is 19.2 Å². The van der Waals surface area contributed by atoms with Crippen molar-refractivity contribution in [2.75, 3.05) is 58.3 Å². The molecule has 0 unspecified atom stereocenters. The summed E-state index contributed by atoms with van der Waals surface area (Å²) in [6.07, 6.45) is 1.11. The Hall–Kier alpha value is -2.25. The summed E-state index contributed by atoms with van der Waals surface area (Å²) in [5.74, 6) is 1.78. The second-order valence-corrected chi connectivity index (χ2v) is 7.64. The van der Waals surface area contributed by atoms with Gasteiger partial charge in [-0.1, -0.05) is 0 Å². The first-order valence-corrected chi connectivity index (χ1v) is 10.8. The first-order chi connectivity index (χ1) is 13.8. The summed E-state index contributed by atoms with van der Waals surface area (Å²) in [7, 11) is 3.53. The van der Waals surface area contributed by atoms with Crippen molar-refractivity contribution < 1.29 is 4.74 Å². The van der Waals surface area contributed by atoms with Crippen LogP contribution in [-0.4, -0.2) is 64.3 Å². The molecule has 0 spiro atoms. The van der Waals surface area contributed by atoms with Crippen LogP contribution in [0.3, 0.4) is 0 Å². The molecule has 0 bridgehead atoms. The number of hydrogen-bond acceptors (Lipinski definition) is 5. The quantitative estimate of drug-likeness (QED) is 0.405. The Kier molecular flexibility index (Phi) is 7.99. The van der Waals surface area contributed by atoms with E-state index in [0.717, 1.165) is 63.9 Å². The summed E-state index contributed by atoms with van der Waals surface area (Å²) in [5, 5.41) is 11.0. The van der Waals surface area contributed by atoms with Crippen LogP contribution in [0.2, 0.25) is 0 Å². The first-order valence-electron chi connectivity index (χ1n) is 9.85. The summed E-state index contributed by atoms with van der Waals surface area (Å²) in [4.78, 5) is 9.29. The molecule has 0 aliphatic carbocycles. The molecule has 28 heavy (non-hydrogen) atoms. The number of nitrogens with one attached hydrogen (secondary N) is 2. The van der Waals surface area contributed by atoms with Crippen molar-refractivity contribution in [2.24, 2.45) is 4.99 Å². The minimum Gasteiger partial charge on any atom is -0.497 e. The van der Waals surface area contributed by atoms with Gasteiger partial charge in [0.2, 0.25) is 0 Å². The molecular formula is C21H31N5OS. The summed E-state index contributed by atoms with van der Waals surface area (Å²) in [6.45, 7) is 7.23. The lowest BCUT2D eigenvalue weighted by Crippen LogP contribution is -2.47. The Bertz CT molecular complexity index is 709. The SMILES string of the molecule is CN=C(NCCCN1CCN(c2ccc(OC)cc2)CC1)NCc1ccsc1. The number of methoxy groups -OCH3 is 1. The van der Waals surface area contributed by atoms with Gasteiger partial charge >= 0.3 is 0 Å². The maximum Gasteiger partial charge on any atom is 0.191 e. The molecule has 0 atom stereocenters. The largest absolute Gasteiger partial charge is 0.497 e. The molecule has 7 heteroatoms. The van der Waals surface area contributed by atoms with Gasteiger partial charge in [0, 0.05) is 52.0 Å². The molecule has 1 fully saturated rings. The molecule has 1 saturated heterocycles. The van der Waals surface area contributed by atoms with Gasteiger partial charge in [-0.3, -0.25) is 9.89 Å². The molecule has 1 aromatic carbocycles. The molecule has 0 amide bonds. The van der Waals surface area contributed by atoms with Gasteiger partial charge in [0.25, 0.3) is 0 Å². The van der Waals surface area contributed by atoms with Crippen LogP contribution in [0.1, 0.15) is 12.0 Å². The number of anilines is 1. The zero-order valence-electron chi connectivity index (χ0n) is 16.9. The highest BCUT2D eigenvalue weighted by molar-refractivity contribution is 7.07. The molecule has 2 N–H and O–H groups in total. The van der Waals surface area contributed by atoms with Crippen LogP contribution in [-0.2, 0) is 6.54 Å². The monoisotopic (exact) mass is 401 g/mol. The van der Waals surface area contributed by atoms with Gasteiger partial charge in [-0.25, -0.2) is 0 Å². The topological polar surface area (TPSA) is 52.1 Å². The van der Waals surface area contributed by atoms with Crippen molar-refractivity contribution in [1.29, 1.82) is 0 Å². The van der Waals surface area contributed by atoms with E-state index in [0.29, 0.717) is 0 Å². The average Bonchev–Trinajstić information content (AvgIpc) is 3.27. The lowest BCUT2D eigenvalue weighted by molar-refractivity contribution is 0.255. The van der Waals surface area contributed by atoms with Crippen LogP contribution in [0, 0.1) is 0 Å². The number of rotatable bonds is 8. The molecule has 1 aliphatic rings. The Labute approximate surface area is 172 Å². The molecule has 0 saturated carbocycles. The Morgan fingerprint density at radius 2 is 1.89 bits per heavy atom. The van der Waals surface area contributed by atoms with E-state index >= 15 is 0 Å². The highest BCUT2D eigenvalue weighted by Crippen LogP contribution is 2.20. The third kappa shape index (κ3) is 6.14. The molecule has 3 rings (SSSR count). The molecule has 1 aromatic heterocycles. The van der Waals surface area contributed by atoms with Crippen molar-refractivity contribution in [3.8, 4) is 5.75 Å². The summed E-state index contributed by atoms with van der Waals surface area (Å²) >= 11 is 1.72. The summed E-state index contributed by atoms with van der Waals surface area (Å²) in [6, 6.07) is 10.5. The van der Waals surface area contributed by atoms with Gasteiger partial charge in [0.05, 0.1) is 7.11 Å². The predicted molar refractivity (Wildman–Crippen MR) is 119 cm³/mol. The fourth-order valence-electron chi connectivity index (χ4n) is 3.33. The number of nitrogens with zero attached hydrogens (tertiary/aromatic N) is 3. The molecule has 2 heterocycles. The second kappa shape index (κ2) is 10.9. The number of ether oxygens (including phenoxy) is 1. The summed E-state index contributed by atoms with van der Waals surface area (Å²) in [5.41, 5.74) is 2.57. The van der Waals surface area contributed by atoms with Gasteiger partial charge < -0.3 is 20.3 Å². The Morgan fingerprint density at radius 1 is 1.11 bits per heavy atom. The molecule has 152 valence electrons. The number of thiophene rings is 1. The highest BCUT2D eigenvalue weighted by atomic mass is 32.1. The molecule has 6 nitrogen and oxygen atoms in total. The van der Waals surface area contributed by atoms with E-state index in [-0.39, 0.29) is 0 Å². The average molecular weight is 402 g/mol. The number of piperazine rings is 1. The lowest BCUT2D eigenvalue weighted by Gasteiger charge is -2.36. The minimum atomic E-state index is 0.816. The van der Waals surface area contributed by atoms with E-state index in [9.17, 15) is 0 Å². The fraction of sp³-hybridized carbons (Fsp3) is 0.476. The van der Waals surface area contributed by atoms with E-state index in [1.54, 1.807) is 18.4 Å². The second-order valence-electron chi connectivity index (χ2n) is 6.86. The van der Waals surface area contributed by atoms with Crippen LogP contribution < -0.4 is 20.3 Å². The van der Waals surface area contributed by atoms with Crippen LogP contribution in [0.5, 0.6) is 5.75 Å². The standard InChI is InChI=1S/C21H31N5OS/c1-22-21(24-16-18-8-15-28-17-18)23-9-3-10-25-11-13-26(14-12-25)19-4-6-20(27-2)7-5-19/h4-8,15,17H,3,9-14,16H2,1-2H3,(H2,22,23,24). The van der Waals surface area contributed by atoms with Crippen molar-refractivity contribution in [3.63, 3.8) is 0 Å². The van der Waals surface area contributed by atoms with E-state index in [4.69, 9.17) is 4.74 Å². The smallest absolute Gasteiger partial charge is 0.191 e. The van der Waals surface area contributed by atoms with Crippen LogP contribution in [0.25, 0.3) is 0 Å². The lowest BCUT2D eigenvalue weighted by atomic mass is 10.2. The van der Waals surface area contributed by atoms with E-state index in [2.05, 4.69) is 54.4 Å². The zero-order valence-corrected chi connectivity index (χ0v) is 17.7. The molecule has 0 radical (unpaired) electrons. The van der Waals surface area contributed by atoms with Crippen molar-refractivity contribution >= 4 is 23.0 Å². The van der Waals surface area contributed by atoms with Crippen LogP contribution in [0.4, 0.5) is 5.69 Å². The van der Waals surface area contributed by atoms with Gasteiger partial charge in [0.1, 0.15) is 5.75 Å². The van der Waals surface area contributed by atoms with Gasteiger partial charge in [-0.05, 0) is 59.6 Å². The summed E-state index contributed by atoms with van der Waals surface area (Å²) < 4.78 is 5.24. The van der Waals surface area contributed by atoms with Crippen molar-refractivity contribution in [3.05, 3.63) is 46.7 Å². The Balaban J connectivity index is 1.30. The minimum absolute atomic E-state index is 0.816. The van der Waals surface area contributed by atoms with Gasteiger partial charge in [-0.2, -0.15) is 11.3 Å². The van der Waals surface area contributed by atoms with Gasteiger partial charge in [-0.15, -0.1) is 0 Å². The van der Waals surface area contributed by atoms with Gasteiger partial charge in [0.15, 0.2) is 5.96 Å². The Morgan fingerprint density at radius 3 is 2.54 bits per heavy atom. The van der Waals surface area contributed by atoms with Crippen molar-refractivity contribution in [2.45, 2.75) is 13.0 Å².